The molecule has 3 aromatic rings. The minimum absolute atomic E-state index is 0.170. The molecule has 2 N–H and O–H groups in total. The lowest BCUT2D eigenvalue weighted by atomic mass is 10.1. The maximum atomic E-state index is 12.4. The average Bonchev–Trinajstić information content (AvgIpc) is 2.68. The van der Waals surface area contributed by atoms with E-state index in [0.29, 0.717) is 5.75 Å². The van der Waals surface area contributed by atoms with E-state index in [2.05, 4.69) is 9.71 Å². The molecule has 0 aliphatic carbocycles. The molecule has 0 unspecified atom stereocenters. The van der Waals surface area contributed by atoms with Crippen molar-refractivity contribution in [2.45, 2.75) is 18.2 Å². The number of rotatable bonds is 6. The first kappa shape index (κ1) is 18.7. The number of aryl methyl sites for hydroxylation is 1. The van der Waals surface area contributed by atoms with Crippen LogP contribution in [-0.4, -0.2) is 18.5 Å². The Bertz CT molecular complexity index is 1040. The van der Waals surface area contributed by atoms with Gasteiger partial charge in [-0.05, 0) is 59.5 Å². The summed E-state index contributed by atoms with van der Waals surface area (Å²) in [6.45, 7) is 1.99. The number of nitrogens with zero attached hydrogens (tertiary/aromatic N) is 1. The Morgan fingerprint density at radius 1 is 1.00 bits per heavy atom. The maximum absolute atomic E-state index is 12.4. The predicted octanol–water partition coefficient (Wildman–Crippen LogP) is 4.32. The van der Waals surface area contributed by atoms with E-state index in [9.17, 15) is 13.5 Å². The highest BCUT2D eigenvalue weighted by atomic mass is 32.2. The average molecular weight is 380 g/mol. The van der Waals surface area contributed by atoms with Crippen LogP contribution in [0.5, 0.6) is 5.75 Å². The van der Waals surface area contributed by atoms with Gasteiger partial charge in [0.05, 0.1) is 4.90 Å². The molecule has 0 aliphatic heterocycles. The van der Waals surface area contributed by atoms with Crippen molar-refractivity contribution >= 4 is 28.0 Å². The minimum atomic E-state index is -3.68. The topological polar surface area (TPSA) is 79.3 Å². The van der Waals surface area contributed by atoms with Gasteiger partial charge >= 0.3 is 0 Å². The first-order valence-electron chi connectivity index (χ1n) is 8.52. The number of aromatic hydroxyl groups is 1. The van der Waals surface area contributed by atoms with Gasteiger partial charge in [-0.2, -0.15) is 0 Å². The van der Waals surface area contributed by atoms with Crippen LogP contribution in [0.15, 0.2) is 71.8 Å². The van der Waals surface area contributed by atoms with Crippen molar-refractivity contribution in [3.8, 4) is 5.75 Å². The first-order chi connectivity index (χ1) is 13.0. The summed E-state index contributed by atoms with van der Waals surface area (Å²) in [5.74, 6) is 0.574. The zero-order chi connectivity index (χ0) is 19.3. The number of hydrogen-bond acceptors (Lipinski definition) is 4. The van der Waals surface area contributed by atoms with Crippen LogP contribution in [0.2, 0.25) is 0 Å². The van der Waals surface area contributed by atoms with E-state index >= 15 is 0 Å². The van der Waals surface area contributed by atoms with Gasteiger partial charge in [0.2, 0.25) is 0 Å². The molecule has 0 aliphatic rings. The number of nitrogens with one attached hydrogen (secondary N) is 1. The second-order valence-corrected chi connectivity index (χ2v) is 7.65. The molecule has 2 aromatic carbocycles. The summed E-state index contributed by atoms with van der Waals surface area (Å²) in [7, 11) is -3.68. The zero-order valence-corrected chi connectivity index (χ0v) is 15.6. The third kappa shape index (κ3) is 4.74. The molecule has 1 aromatic heterocycles. The largest absolute Gasteiger partial charge is 0.508 e. The van der Waals surface area contributed by atoms with Crippen molar-refractivity contribution in [1.29, 1.82) is 0 Å². The molecule has 0 radical (unpaired) electrons. The van der Waals surface area contributed by atoms with Crippen molar-refractivity contribution in [3.63, 3.8) is 0 Å². The third-order valence-corrected chi connectivity index (χ3v) is 5.42. The molecule has 5 nitrogen and oxygen atoms in total. The smallest absolute Gasteiger partial charge is 0.263 e. The standard InChI is InChI=1S/C21H20N2O3S/c1-2-18-15-17(10-13-20(18)24)7-6-16-8-11-19(12-9-16)27(25,26)23-21-5-3-4-14-22-21/h3-15,24H,2H2,1H3,(H,22,23)/b7-6+. The molecule has 0 saturated carbocycles. The number of benzene rings is 2. The van der Waals surface area contributed by atoms with Crippen molar-refractivity contribution in [3.05, 3.63) is 83.6 Å². The van der Waals surface area contributed by atoms with Gasteiger partial charge in [-0.3, -0.25) is 4.72 Å². The van der Waals surface area contributed by atoms with E-state index in [1.54, 1.807) is 48.5 Å². The zero-order valence-electron chi connectivity index (χ0n) is 14.8. The van der Waals surface area contributed by atoms with Crippen LogP contribution in [0.25, 0.3) is 12.2 Å². The summed E-state index contributed by atoms with van der Waals surface area (Å²) in [6, 6.07) is 17.1. The highest BCUT2D eigenvalue weighted by Gasteiger charge is 2.14. The lowest BCUT2D eigenvalue weighted by Crippen LogP contribution is -2.13. The van der Waals surface area contributed by atoms with Gasteiger partial charge < -0.3 is 5.11 Å². The molecule has 1 heterocycles. The highest BCUT2D eigenvalue weighted by molar-refractivity contribution is 7.92. The third-order valence-electron chi connectivity index (χ3n) is 4.05. The van der Waals surface area contributed by atoms with Crippen molar-refractivity contribution < 1.29 is 13.5 Å². The number of phenolic OH excluding ortho intramolecular Hbond substituents is 1. The van der Waals surface area contributed by atoms with Crippen LogP contribution < -0.4 is 4.72 Å². The number of sulfonamides is 1. The molecule has 138 valence electrons. The summed E-state index contributed by atoms with van der Waals surface area (Å²) in [5.41, 5.74) is 2.73. The molecular weight excluding hydrogens is 360 g/mol. The van der Waals surface area contributed by atoms with Crippen LogP contribution in [0, 0.1) is 0 Å². The van der Waals surface area contributed by atoms with Gasteiger partial charge in [0, 0.05) is 6.20 Å². The highest BCUT2D eigenvalue weighted by Crippen LogP contribution is 2.21. The Morgan fingerprint density at radius 3 is 2.37 bits per heavy atom. The van der Waals surface area contributed by atoms with Gasteiger partial charge in [0.15, 0.2) is 0 Å². The van der Waals surface area contributed by atoms with Crippen LogP contribution >= 0.6 is 0 Å². The summed E-state index contributed by atoms with van der Waals surface area (Å²) < 4.78 is 27.3. The quantitative estimate of drug-likeness (QED) is 0.624. The molecule has 3 rings (SSSR count). The van der Waals surface area contributed by atoms with E-state index < -0.39 is 10.0 Å². The van der Waals surface area contributed by atoms with Gasteiger partial charge in [-0.1, -0.05) is 43.3 Å². The fourth-order valence-electron chi connectivity index (χ4n) is 2.56. The molecule has 0 saturated heterocycles. The van der Waals surface area contributed by atoms with E-state index in [-0.39, 0.29) is 10.7 Å². The van der Waals surface area contributed by atoms with Crippen molar-refractivity contribution in [2.24, 2.45) is 0 Å². The van der Waals surface area contributed by atoms with Gasteiger partial charge in [-0.15, -0.1) is 0 Å². The number of hydrogen-bond donors (Lipinski definition) is 2. The minimum Gasteiger partial charge on any atom is -0.508 e. The SMILES string of the molecule is CCc1cc(/C=C/c2ccc(S(=O)(=O)Nc3ccccn3)cc2)ccc1O. The summed E-state index contributed by atoms with van der Waals surface area (Å²) in [5, 5.41) is 9.74. The predicted molar refractivity (Wildman–Crippen MR) is 108 cm³/mol. The Labute approximate surface area is 159 Å². The van der Waals surface area contributed by atoms with E-state index in [0.717, 1.165) is 23.1 Å². The molecule has 6 heteroatoms. The molecule has 0 spiro atoms. The summed E-state index contributed by atoms with van der Waals surface area (Å²) in [4.78, 5) is 4.14. The van der Waals surface area contributed by atoms with Crippen LogP contribution in [0.3, 0.4) is 0 Å². The monoisotopic (exact) mass is 380 g/mol. The van der Waals surface area contributed by atoms with E-state index in [1.807, 2.05) is 31.2 Å². The number of aromatic nitrogens is 1. The summed E-state index contributed by atoms with van der Waals surface area (Å²) in [6.07, 6.45) is 6.10. The van der Waals surface area contributed by atoms with Crippen LogP contribution in [-0.2, 0) is 16.4 Å². The lowest BCUT2D eigenvalue weighted by Gasteiger charge is -2.07. The Hall–Kier alpha value is -3.12. The maximum Gasteiger partial charge on any atom is 0.263 e. The van der Waals surface area contributed by atoms with Crippen molar-refractivity contribution in [1.82, 2.24) is 4.98 Å². The van der Waals surface area contributed by atoms with Gasteiger partial charge in [0.1, 0.15) is 11.6 Å². The molecule has 0 amide bonds. The Morgan fingerprint density at radius 2 is 1.70 bits per heavy atom. The van der Waals surface area contributed by atoms with Crippen LogP contribution in [0.1, 0.15) is 23.6 Å². The van der Waals surface area contributed by atoms with E-state index in [4.69, 9.17) is 0 Å². The Kier molecular flexibility index (Phi) is 5.57. The number of phenols is 1. The normalized spacial score (nSPS) is 11.6. The van der Waals surface area contributed by atoms with Crippen LogP contribution in [0.4, 0.5) is 5.82 Å². The fraction of sp³-hybridized carbons (Fsp3) is 0.0952. The second-order valence-electron chi connectivity index (χ2n) is 5.96. The Balaban J connectivity index is 1.75. The lowest BCUT2D eigenvalue weighted by molar-refractivity contribution is 0.469. The number of pyridine rings is 1. The molecule has 0 bridgehead atoms. The summed E-state index contributed by atoms with van der Waals surface area (Å²) >= 11 is 0. The van der Waals surface area contributed by atoms with Gasteiger partial charge in [-0.25, -0.2) is 13.4 Å². The van der Waals surface area contributed by atoms with E-state index in [1.165, 1.54) is 6.20 Å². The van der Waals surface area contributed by atoms with Crippen molar-refractivity contribution in [2.75, 3.05) is 4.72 Å². The number of anilines is 1. The first-order valence-corrected chi connectivity index (χ1v) is 10.00. The second kappa shape index (κ2) is 8.05. The fourth-order valence-corrected chi connectivity index (χ4v) is 3.57. The molecular formula is C21H20N2O3S. The molecule has 0 fully saturated rings. The van der Waals surface area contributed by atoms with Gasteiger partial charge in [0.25, 0.3) is 10.0 Å². The molecule has 0 atom stereocenters. The molecule has 27 heavy (non-hydrogen) atoms.